The number of aromatic nitrogens is 2. The minimum Gasteiger partial charge on any atom is -0.464 e. The molecule has 1 N–H and O–H groups in total. The number of anilines is 2. The summed E-state index contributed by atoms with van der Waals surface area (Å²) in [4.78, 5) is 19.3. The van der Waals surface area contributed by atoms with Gasteiger partial charge in [0.1, 0.15) is 5.82 Å². The molecule has 1 heterocycles. The maximum Gasteiger partial charge on any atom is 0.358 e. The Kier molecular flexibility index (Phi) is 3.97. The zero-order chi connectivity index (χ0) is 13.8. The second kappa shape index (κ2) is 5.67. The first-order valence-electron chi connectivity index (χ1n) is 5.54. The number of hydrogen-bond donors (Lipinski definition) is 1. The van der Waals surface area contributed by atoms with Crippen LogP contribution in [0.4, 0.5) is 11.5 Å². The van der Waals surface area contributed by atoms with Crippen LogP contribution in [-0.2, 0) is 4.74 Å². The summed E-state index contributed by atoms with van der Waals surface area (Å²) in [7, 11) is 1.30. The van der Waals surface area contributed by atoms with Gasteiger partial charge in [-0.25, -0.2) is 14.8 Å². The van der Waals surface area contributed by atoms with Gasteiger partial charge in [-0.3, -0.25) is 0 Å². The molecule has 0 atom stereocenters. The third-order valence-corrected chi connectivity index (χ3v) is 2.99. The predicted molar refractivity (Wildman–Crippen MR) is 72.8 cm³/mol. The van der Waals surface area contributed by atoms with Crippen molar-refractivity contribution in [3.63, 3.8) is 0 Å². The van der Waals surface area contributed by atoms with Crippen molar-refractivity contribution in [1.29, 1.82) is 0 Å². The minimum absolute atomic E-state index is 0.163. The van der Waals surface area contributed by atoms with E-state index in [-0.39, 0.29) is 5.69 Å². The Morgan fingerprint density at radius 1 is 1.32 bits per heavy atom. The monoisotopic (exact) mass is 277 g/mol. The number of ether oxygens (including phenoxy) is 1. The number of halogens is 1. The topological polar surface area (TPSA) is 64.1 Å². The number of nitrogens with zero attached hydrogens (tertiary/aromatic N) is 2. The zero-order valence-electron chi connectivity index (χ0n) is 10.5. The van der Waals surface area contributed by atoms with Crippen LogP contribution in [-0.4, -0.2) is 23.0 Å². The maximum atomic E-state index is 11.2. The summed E-state index contributed by atoms with van der Waals surface area (Å²) >= 11 is 6.03. The number of esters is 1. The van der Waals surface area contributed by atoms with Crippen LogP contribution in [0.25, 0.3) is 0 Å². The molecule has 0 saturated carbocycles. The van der Waals surface area contributed by atoms with Crippen LogP contribution < -0.4 is 5.32 Å². The Hall–Kier alpha value is -2.14. The molecule has 98 valence electrons. The Bertz CT molecular complexity index is 599. The molecule has 0 bridgehead atoms. The Morgan fingerprint density at radius 3 is 2.74 bits per heavy atom. The van der Waals surface area contributed by atoms with E-state index in [1.165, 1.54) is 19.5 Å². The van der Waals surface area contributed by atoms with Crippen molar-refractivity contribution in [2.24, 2.45) is 0 Å². The molecule has 2 rings (SSSR count). The molecule has 0 amide bonds. The summed E-state index contributed by atoms with van der Waals surface area (Å²) in [5.41, 5.74) is 1.92. The summed E-state index contributed by atoms with van der Waals surface area (Å²) in [5.74, 6) is 0.0102. The van der Waals surface area contributed by atoms with Gasteiger partial charge in [0.15, 0.2) is 5.69 Å². The molecule has 0 radical (unpaired) electrons. The third kappa shape index (κ3) is 3.00. The van der Waals surface area contributed by atoms with Gasteiger partial charge in [-0.1, -0.05) is 17.7 Å². The highest BCUT2D eigenvalue weighted by atomic mass is 35.5. The van der Waals surface area contributed by atoms with E-state index in [4.69, 9.17) is 11.6 Å². The highest BCUT2D eigenvalue weighted by Crippen LogP contribution is 2.25. The van der Waals surface area contributed by atoms with Crippen LogP contribution in [0.3, 0.4) is 0 Å². The lowest BCUT2D eigenvalue weighted by molar-refractivity contribution is 0.0593. The largest absolute Gasteiger partial charge is 0.464 e. The van der Waals surface area contributed by atoms with Crippen LogP contribution in [0.15, 0.2) is 30.6 Å². The molecule has 6 heteroatoms. The number of benzene rings is 1. The summed E-state index contributed by atoms with van der Waals surface area (Å²) in [6.07, 6.45) is 2.82. The fourth-order valence-electron chi connectivity index (χ4n) is 1.48. The first-order valence-corrected chi connectivity index (χ1v) is 5.92. The van der Waals surface area contributed by atoms with E-state index < -0.39 is 5.97 Å². The molecule has 0 aliphatic carbocycles. The van der Waals surface area contributed by atoms with E-state index in [0.29, 0.717) is 10.8 Å². The smallest absolute Gasteiger partial charge is 0.358 e. The molecule has 19 heavy (non-hydrogen) atoms. The molecule has 0 unspecified atom stereocenters. The predicted octanol–water partition coefficient (Wildman–Crippen LogP) is 2.97. The molecule has 1 aromatic heterocycles. The van der Waals surface area contributed by atoms with Gasteiger partial charge in [-0.2, -0.15) is 0 Å². The third-order valence-electron chi connectivity index (χ3n) is 2.58. The van der Waals surface area contributed by atoms with Gasteiger partial charge in [0.2, 0.25) is 0 Å². The van der Waals surface area contributed by atoms with Crippen molar-refractivity contribution in [3.05, 3.63) is 46.9 Å². The maximum absolute atomic E-state index is 11.2. The lowest BCUT2D eigenvalue weighted by Crippen LogP contribution is -2.06. The van der Waals surface area contributed by atoms with Crippen molar-refractivity contribution >= 4 is 29.1 Å². The molecule has 0 fully saturated rings. The van der Waals surface area contributed by atoms with E-state index >= 15 is 0 Å². The first kappa shape index (κ1) is 13.3. The van der Waals surface area contributed by atoms with Crippen molar-refractivity contribution in [1.82, 2.24) is 9.97 Å². The van der Waals surface area contributed by atoms with Gasteiger partial charge in [-0.05, 0) is 24.6 Å². The lowest BCUT2D eigenvalue weighted by atomic mass is 10.2. The number of methoxy groups -OCH3 is 1. The van der Waals surface area contributed by atoms with Crippen LogP contribution >= 0.6 is 11.6 Å². The highest BCUT2D eigenvalue weighted by molar-refractivity contribution is 6.31. The van der Waals surface area contributed by atoms with Crippen LogP contribution in [0.5, 0.6) is 0 Å². The highest BCUT2D eigenvalue weighted by Gasteiger charge is 2.08. The molecule has 2 aromatic rings. The van der Waals surface area contributed by atoms with Crippen molar-refractivity contribution < 1.29 is 9.53 Å². The van der Waals surface area contributed by atoms with Crippen molar-refractivity contribution in [3.8, 4) is 0 Å². The van der Waals surface area contributed by atoms with Crippen LogP contribution in [0.2, 0.25) is 5.02 Å². The number of hydrogen-bond acceptors (Lipinski definition) is 5. The SMILES string of the molecule is COC(=O)c1cnc(Nc2cccc(Cl)c2C)cn1. The normalized spacial score (nSPS) is 10.1. The van der Waals surface area contributed by atoms with E-state index in [2.05, 4.69) is 20.0 Å². The molecule has 0 aliphatic heterocycles. The molecular weight excluding hydrogens is 266 g/mol. The Balaban J connectivity index is 2.20. The molecule has 1 aromatic carbocycles. The summed E-state index contributed by atoms with van der Waals surface area (Å²) in [6, 6.07) is 5.54. The lowest BCUT2D eigenvalue weighted by Gasteiger charge is -2.09. The zero-order valence-corrected chi connectivity index (χ0v) is 11.2. The van der Waals surface area contributed by atoms with E-state index in [9.17, 15) is 4.79 Å². The van der Waals surface area contributed by atoms with Gasteiger partial charge >= 0.3 is 5.97 Å². The summed E-state index contributed by atoms with van der Waals surface area (Å²) in [6.45, 7) is 1.90. The minimum atomic E-state index is -0.516. The van der Waals surface area contributed by atoms with Crippen molar-refractivity contribution in [2.75, 3.05) is 12.4 Å². The van der Waals surface area contributed by atoms with Gasteiger partial charge in [0.05, 0.1) is 19.5 Å². The second-order valence-corrected chi connectivity index (χ2v) is 4.22. The van der Waals surface area contributed by atoms with Crippen LogP contribution in [0.1, 0.15) is 16.1 Å². The number of rotatable bonds is 3. The fourth-order valence-corrected chi connectivity index (χ4v) is 1.66. The molecule has 5 nitrogen and oxygen atoms in total. The standard InChI is InChI=1S/C13H12ClN3O2/c1-8-9(14)4-3-5-10(8)17-12-7-15-11(6-16-12)13(18)19-2/h3-7H,1-2H3,(H,16,17). The Morgan fingerprint density at radius 2 is 2.11 bits per heavy atom. The quantitative estimate of drug-likeness (QED) is 0.874. The number of nitrogens with one attached hydrogen (secondary N) is 1. The van der Waals surface area contributed by atoms with Gasteiger partial charge in [-0.15, -0.1) is 0 Å². The van der Waals surface area contributed by atoms with Crippen LogP contribution in [0, 0.1) is 6.92 Å². The molecular formula is C13H12ClN3O2. The fraction of sp³-hybridized carbons (Fsp3) is 0.154. The van der Waals surface area contributed by atoms with Gasteiger partial charge in [0.25, 0.3) is 0 Å². The summed E-state index contributed by atoms with van der Waals surface area (Å²) < 4.78 is 4.55. The molecule has 0 aliphatic rings. The van der Waals surface area contributed by atoms with Gasteiger partial charge < -0.3 is 10.1 Å². The van der Waals surface area contributed by atoms with E-state index in [1.807, 2.05) is 25.1 Å². The number of carbonyl (C=O) groups is 1. The van der Waals surface area contributed by atoms with Crippen molar-refractivity contribution in [2.45, 2.75) is 6.92 Å². The molecule has 0 spiro atoms. The number of carbonyl (C=O) groups excluding carboxylic acids is 1. The molecule has 0 saturated heterocycles. The van der Waals surface area contributed by atoms with E-state index in [0.717, 1.165) is 11.3 Å². The first-order chi connectivity index (χ1) is 9.11. The average molecular weight is 278 g/mol. The van der Waals surface area contributed by atoms with Gasteiger partial charge in [0, 0.05) is 10.7 Å². The van der Waals surface area contributed by atoms with E-state index in [1.54, 1.807) is 0 Å². The second-order valence-electron chi connectivity index (χ2n) is 3.82. The Labute approximate surface area is 115 Å². The average Bonchev–Trinajstić information content (AvgIpc) is 2.44. The summed E-state index contributed by atoms with van der Waals surface area (Å²) in [5, 5.41) is 3.76.